The van der Waals surface area contributed by atoms with Crippen molar-refractivity contribution in [3.63, 3.8) is 0 Å². The van der Waals surface area contributed by atoms with Crippen molar-refractivity contribution in [3.05, 3.63) is 60.1 Å². The van der Waals surface area contributed by atoms with Gasteiger partial charge in [0.25, 0.3) is 5.91 Å². The molecule has 2 aromatic rings. The summed E-state index contributed by atoms with van der Waals surface area (Å²) in [5.74, 6) is -0.298. The van der Waals surface area contributed by atoms with E-state index in [-0.39, 0.29) is 11.4 Å². The Morgan fingerprint density at radius 2 is 1.84 bits per heavy atom. The Morgan fingerprint density at radius 3 is 2.42 bits per heavy atom. The van der Waals surface area contributed by atoms with Crippen molar-refractivity contribution in [3.8, 4) is 0 Å². The number of nitrogens with one attached hydrogen (secondary N) is 1. The highest BCUT2D eigenvalue weighted by Gasteiger charge is 2.15. The predicted octanol–water partition coefficient (Wildman–Crippen LogP) is 2.89. The van der Waals surface area contributed by atoms with Gasteiger partial charge in [0, 0.05) is 5.69 Å². The molecule has 4 heteroatoms. The van der Waals surface area contributed by atoms with Crippen LogP contribution >= 0.6 is 0 Å². The fourth-order valence-electron chi connectivity index (χ4n) is 1.56. The van der Waals surface area contributed by atoms with Crippen LogP contribution < -0.4 is 5.32 Å². The minimum atomic E-state index is -0.449. The zero-order valence-electron chi connectivity index (χ0n) is 10.4. The van der Waals surface area contributed by atoms with Gasteiger partial charge in [-0.05, 0) is 37.3 Å². The Kier molecular flexibility index (Phi) is 3.93. The van der Waals surface area contributed by atoms with Crippen LogP contribution in [0.5, 0.6) is 0 Å². The molecule has 0 aliphatic rings. The highest BCUT2D eigenvalue weighted by atomic mass is 16.3. The van der Waals surface area contributed by atoms with Gasteiger partial charge in [0.15, 0.2) is 5.78 Å². The van der Waals surface area contributed by atoms with E-state index in [0.717, 1.165) is 0 Å². The molecule has 0 aliphatic carbocycles. The van der Waals surface area contributed by atoms with Gasteiger partial charge in [0.05, 0.1) is 11.8 Å². The van der Waals surface area contributed by atoms with Crippen LogP contribution in [-0.4, -0.2) is 11.7 Å². The van der Waals surface area contributed by atoms with Crippen molar-refractivity contribution < 1.29 is 14.0 Å². The fraction of sp³-hybridized carbons (Fsp3) is 0.0667. The summed E-state index contributed by atoms with van der Waals surface area (Å²) in [7, 11) is 0. The summed E-state index contributed by atoms with van der Waals surface area (Å²) in [6.07, 6.45) is 2.92. The summed E-state index contributed by atoms with van der Waals surface area (Å²) in [6.45, 7) is 1.35. The third-order valence-electron chi connectivity index (χ3n) is 2.49. The van der Waals surface area contributed by atoms with Crippen molar-refractivity contribution in [2.24, 2.45) is 0 Å². The lowest BCUT2D eigenvalue weighted by Crippen LogP contribution is -2.18. The number of amides is 1. The molecule has 4 nitrogen and oxygen atoms in total. The molecule has 96 valence electrons. The predicted molar refractivity (Wildman–Crippen MR) is 72.4 cm³/mol. The Hall–Kier alpha value is -2.62. The summed E-state index contributed by atoms with van der Waals surface area (Å²) >= 11 is 0. The van der Waals surface area contributed by atoms with Crippen LogP contribution in [0.2, 0.25) is 0 Å². The van der Waals surface area contributed by atoms with E-state index in [2.05, 4.69) is 5.32 Å². The summed E-state index contributed by atoms with van der Waals surface area (Å²) in [4.78, 5) is 23.6. The number of Topliss-reactive ketones (excluding diaryl/α,β-unsaturated/α-hetero) is 1. The number of anilines is 1. The van der Waals surface area contributed by atoms with Crippen LogP contribution in [0.15, 0.2) is 58.7 Å². The fourth-order valence-corrected chi connectivity index (χ4v) is 1.56. The van der Waals surface area contributed by atoms with Crippen LogP contribution in [-0.2, 0) is 9.59 Å². The zero-order valence-corrected chi connectivity index (χ0v) is 10.4. The van der Waals surface area contributed by atoms with Gasteiger partial charge in [-0.2, -0.15) is 0 Å². The second kappa shape index (κ2) is 5.82. The number of hydrogen-bond acceptors (Lipinski definition) is 3. The summed E-state index contributed by atoms with van der Waals surface area (Å²) in [5.41, 5.74) is 0.692. The van der Waals surface area contributed by atoms with Gasteiger partial charge in [-0.1, -0.05) is 18.2 Å². The van der Waals surface area contributed by atoms with Crippen molar-refractivity contribution in [1.82, 2.24) is 0 Å². The van der Waals surface area contributed by atoms with E-state index < -0.39 is 5.91 Å². The lowest BCUT2D eigenvalue weighted by Gasteiger charge is -2.05. The Bertz CT molecular complexity index is 598. The first-order valence-corrected chi connectivity index (χ1v) is 5.79. The number of rotatable bonds is 4. The molecule has 1 aromatic heterocycles. The first-order valence-electron chi connectivity index (χ1n) is 5.79. The summed E-state index contributed by atoms with van der Waals surface area (Å²) in [6, 6.07) is 12.3. The van der Waals surface area contributed by atoms with Crippen molar-refractivity contribution >= 4 is 23.5 Å². The molecule has 19 heavy (non-hydrogen) atoms. The van der Waals surface area contributed by atoms with Crippen molar-refractivity contribution in [2.75, 3.05) is 5.32 Å². The molecular formula is C15H13NO3. The molecule has 1 amide bonds. The average molecular weight is 255 g/mol. The van der Waals surface area contributed by atoms with E-state index >= 15 is 0 Å². The SMILES string of the molecule is CC(=O)/C(=C/c1ccco1)C(=O)Nc1ccccc1. The summed E-state index contributed by atoms with van der Waals surface area (Å²) in [5, 5.41) is 2.67. The molecule has 0 unspecified atom stereocenters. The monoisotopic (exact) mass is 255 g/mol. The molecule has 0 saturated heterocycles. The van der Waals surface area contributed by atoms with E-state index in [1.807, 2.05) is 6.07 Å². The Labute approximate surface area is 110 Å². The number of ketones is 1. The number of hydrogen-bond donors (Lipinski definition) is 1. The second-order valence-corrected chi connectivity index (χ2v) is 3.95. The minimum absolute atomic E-state index is 0.0544. The average Bonchev–Trinajstić information content (AvgIpc) is 2.89. The van der Waals surface area contributed by atoms with Crippen LogP contribution in [0.4, 0.5) is 5.69 Å². The second-order valence-electron chi connectivity index (χ2n) is 3.95. The number of furan rings is 1. The normalized spacial score (nSPS) is 11.1. The maximum atomic E-state index is 12.0. The maximum Gasteiger partial charge on any atom is 0.259 e. The van der Waals surface area contributed by atoms with Crippen LogP contribution in [0.1, 0.15) is 12.7 Å². The quantitative estimate of drug-likeness (QED) is 0.519. The van der Waals surface area contributed by atoms with Gasteiger partial charge in [0.2, 0.25) is 0 Å². The molecule has 1 heterocycles. The number of para-hydroxylation sites is 1. The van der Waals surface area contributed by atoms with Crippen molar-refractivity contribution in [2.45, 2.75) is 6.92 Å². The largest absolute Gasteiger partial charge is 0.465 e. The molecule has 0 bridgehead atoms. The maximum absolute atomic E-state index is 12.0. The third-order valence-corrected chi connectivity index (χ3v) is 2.49. The molecule has 0 radical (unpaired) electrons. The van der Waals surface area contributed by atoms with Gasteiger partial charge in [-0.25, -0.2) is 0 Å². The molecule has 2 rings (SSSR count). The highest BCUT2D eigenvalue weighted by Crippen LogP contribution is 2.12. The molecule has 0 atom stereocenters. The topological polar surface area (TPSA) is 59.3 Å². The first kappa shape index (κ1) is 12.8. The molecule has 0 fully saturated rings. The van der Waals surface area contributed by atoms with Gasteiger partial charge in [-0.15, -0.1) is 0 Å². The lowest BCUT2D eigenvalue weighted by atomic mass is 10.1. The first-order chi connectivity index (χ1) is 9.16. The van der Waals surface area contributed by atoms with E-state index in [9.17, 15) is 9.59 Å². The van der Waals surface area contributed by atoms with Crippen LogP contribution in [0, 0.1) is 0 Å². The third kappa shape index (κ3) is 3.42. The number of carbonyl (C=O) groups is 2. The number of benzene rings is 1. The van der Waals surface area contributed by atoms with Gasteiger partial charge in [0.1, 0.15) is 5.76 Å². The van der Waals surface area contributed by atoms with Gasteiger partial charge >= 0.3 is 0 Å². The number of carbonyl (C=O) groups excluding carboxylic acids is 2. The van der Waals surface area contributed by atoms with E-state index in [1.165, 1.54) is 19.3 Å². The van der Waals surface area contributed by atoms with E-state index in [4.69, 9.17) is 4.42 Å². The van der Waals surface area contributed by atoms with Gasteiger partial charge in [-0.3, -0.25) is 9.59 Å². The Balaban J connectivity index is 2.21. The molecule has 0 aliphatic heterocycles. The minimum Gasteiger partial charge on any atom is -0.465 e. The molecule has 0 saturated carbocycles. The van der Waals surface area contributed by atoms with Crippen LogP contribution in [0.3, 0.4) is 0 Å². The van der Waals surface area contributed by atoms with Gasteiger partial charge < -0.3 is 9.73 Å². The van der Waals surface area contributed by atoms with Crippen LogP contribution in [0.25, 0.3) is 6.08 Å². The standard InChI is InChI=1S/C15H13NO3/c1-11(17)14(10-13-8-5-9-19-13)15(18)16-12-6-3-2-4-7-12/h2-10H,1H3,(H,16,18)/b14-10-. The molecular weight excluding hydrogens is 242 g/mol. The van der Waals surface area contributed by atoms with E-state index in [1.54, 1.807) is 36.4 Å². The van der Waals surface area contributed by atoms with E-state index in [0.29, 0.717) is 11.4 Å². The molecule has 1 N–H and O–H groups in total. The zero-order chi connectivity index (χ0) is 13.7. The summed E-state index contributed by atoms with van der Waals surface area (Å²) < 4.78 is 5.11. The molecule has 1 aromatic carbocycles. The molecule has 0 spiro atoms. The highest BCUT2D eigenvalue weighted by molar-refractivity contribution is 6.25. The lowest BCUT2D eigenvalue weighted by molar-refractivity contribution is -0.118. The smallest absolute Gasteiger partial charge is 0.259 e. The Morgan fingerprint density at radius 1 is 1.11 bits per heavy atom. The van der Waals surface area contributed by atoms with Crippen molar-refractivity contribution in [1.29, 1.82) is 0 Å².